The second-order valence-electron chi connectivity index (χ2n) is 4.46. The molecule has 2 atom stereocenters. The molecule has 92 valence electrons. The predicted molar refractivity (Wildman–Crippen MR) is 60.3 cm³/mol. The van der Waals surface area contributed by atoms with E-state index in [1.807, 2.05) is 0 Å². The van der Waals surface area contributed by atoms with Gasteiger partial charge in [0.2, 0.25) is 6.54 Å². The lowest BCUT2D eigenvalue weighted by atomic mass is 9.78. The van der Waals surface area contributed by atoms with E-state index in [1.165, 1.54) is 6.26 Å². The highest BCUT2D eigenvalue weighted by Crippen LogP contribution is 2.34. The van der Waals surface area contributed by atoms with Crippen LogP contribution in [0.5, 0.6) is 0 Å². The molecule has 0 amide bonds. The average molecular weight is 237 g/mol. The van der Waals surface area contributed by atoms with Gasteiger partial charge in [0.15, 0.2) is 0 Å². The van der Waals surface area contributed by atoms with Gasteiger partial charge in [-0.05, 0) is 25.0 Å². The quantitative estimate of drug-likeness (QED) is 0.595. The van der Waals surface area contributed by atoms with Gasteiger partial charge in [0.1, 0.15) is 11.5 Å². The molecule has 17 heavy (non-hydrogen) atoms. The fraction of sp³-hybridized carbons (Fsp3) is 0.583. The molecule has 0 radical (unpaired) electrons. The number of Topliss-reactive ketones (excluding diaryl/α,β-unsaturated/α-hetero) is 1. The van der Waals surface area contributed by atoms with Crippen LogP contribution in [0, 0.1) is 16.0 Å². The van der Waals surface area contributed by atoms with Crippen LogP contribution in [0.2, 0.25) is 0 Å². The average Bonchev–Trinajstić information content (AvgIpc) is 2.80. The van der Waals surface area contributed by atoms with Gasteiger partial charge in [-0.2, -0.15) is 0 Å². The monoisotopic (exact) mass is 237 g/mol. The summed E-state index contributed by atoms with van der Waals surface area (Å²) in [6, 6.07) is 3.42. The highest BCUT2D eigenvalue weighted by atomic mass is 16.6. The number of nitrogens with zero attached hydrogens (tertiary/aromatic N) is 1. The minimum Gasteiger partial charge on any atom is -0.469 e. The van der Waals surface area contributed by atoms with Crippen molar-refractivity contribution in [1.29, 1.82) is 0 Å². The lowest BCUT2D eigenvalue weighted by Gasteiger charge is -2.25. The Labute approximate surface area is 99.0 Å². The largest absolute Gasteiger partial charge is 0.469 e. The van der Waals surface area contributed by atoms with Crippen LogP contribution in [0.15, 0.2) is 22.8 Å². The molecule has 0 unspecified atom stereocenters. The molecule has 1 heterocycles. The summed E-state index contributed by atoms with van der Waals surface area (Å²) in [6.45, 7) is -0.232. The van der Waals surface area contributed by atoms with Gasteiger partial charge in [0.05, 0.1) is 12.2 Å². The Bertz CT molecular complexity index is 399. The number of carbonyl (C=O) groups is 1. The Morgan fingerprint density at radius 1 is 1.53 bits per heavy atom. The summed E-state index contributed by atoms with van der Waals surface area (Å²) in [4.78, 5) is 22.2. The summed E-state index contributed by atoms with van der Waals surface area (Å²) in [6.07, 6.45) is 4.64. The van der Waals surface area contributed by atoms with Crippen molar-refractivity contribution in [2.75, 3.05) is 6.54 Å². The van der Waals surface area contributed by atoms with Crippen LogP contribution in [0.3, 0.4) is 0 Å². The minimum absolute atomic E-state index is 0.138. The summed E-state index contributed by atoms with van der Waals surface area (Å²) in [5.74, 6) is 0.0366. The number of hydrogen-bond acceptors (Lipinski definition) is 4. The van der Waals surface area contributed by atoms with Gasteiger partial charge in [0.25, 0.3) is 0 Å². The van der Waals surface area contributed by atoms with E-state index in [1.54, 1.807) is 12.1 Å². The van der Waals surface area contributed by atoms with Gasteiger partial charge in [-0.1, -0.05) is 6.42 Å². The Hall–Kier alpha value is -1.65. The second-order valence-corrected chi connectivity index (χ2v) is 4.46. The summed E-state index contributed by atoms with van der Waals surface area (Å²) in [7, 11) is 0. The van der Waals surface area contributed by atoms with Crippen molar-refractivity contribution in [3.63, 3.8) is 0 Å². The smallest absolute Gasteiger partial charge is 0.214 e. The zero-order valence-electron chi connectivity index (χ0n) is 9.50. The molecule has 0 aliphatic heterocycles. The zero-order valence-corrected chi connectivity index (χ0v) is 9.50. The molecule has 1 fully saturated rings. The third-order valence-corrected chi connectivity index (χ3v) is 3.34. The van der Waals surface area contributed by atoms with Gasteiger partial charge in [-0.3, -0.25) is 14.9 Å². The van der Waals surface area contributed by atoms with Crippen LogP contribution in [-0.2, 0) is 4.79 Å². The number of hydrogen-bond donors (Lipinski definition) is 0. The van der Waals surface area contributed by atoms with E-state index in [-0.39, 0.29) is 23.2 Å². The number of furan rings is 1. The summed E-state index contributed by atoms with van der Waals surface area (Å²) in [5.41, 5.74) is 0. The molecule has 0 bridgehead atoms. The second kappa shape index (κ2) is 5.12. The lowest BCUT2D eigenvalue weighted by Crippen LogP contribution is -2.29. The molecule has 5 heteroatoms. The van der Waals surface area contributed by atoms with Crippen molar-refractivity contribution in [1.82, 2.24) is 0 Å². The Morgan fingerprint density at radius 2 is 2.35 bits per heavy atom. The van der Waals surface area contributed by atoms with E-state index in [4.69, 9.17) is 4.42 Å². The van der Waals surface area contributed by atoms with E-state index in [9.17, 15) is 14.9 Å². The minimum atomic E-state index is -0.409. The first kappa shape index (κ1) is 11.8. The van der Waals surface area contributed by atoms with Crippen LogP contribution in [0.4, 0.5) is 0 Å². The molecule has 0 spiro atoms. The van der Waals surface area contributed by atoms with E-state index in [0.29, 0.717) is 12.2 Å². The van der Waals surface area contributed by atoms with Crippen molar-refractivity contribution >= 4 is 5.78 Å². The number of nitro groups is 1. The van der Waals surface area contributed by atoms with Crippen molar-refractivity contribution < 1.29 is 14.1 Å². The predicted octanol–water partition coefficient (Wildman–Crippen LogP) is 2.40. The maximum atomic E-state index is 11.8. The van der Waals surface area contributed by atoms with Gasteiger partial charge in [0, 0.05) is 17.3 Å². The molecule has 1 aromatic heterocycles. The number of carbonyl (C=O) groups excluding carboxylic acids is 1. The first-order valence-corrected chi connectivity index (χ1v) is 5.86. The fourth-order valence-corrected chi connectivity index (χ4v) is 2.51. The first-order chi connectivity index (χ1) is 8.18. The van der Waals surface area contributed by atoms with Crippen molar-refractivity contribution in [3.8, 4) is 0 Å². The van der Waals surface area contributed by atoms with E-state index in [0.717, 1.165) is 19.3 Å². The first-order valence-electron chi connectivity index (χ1n) is 5.86. The molecule has 1 aromatic rings. The fourth-order valence-electron chi connectivity index (χ4n) is 2.51. The van der Waals surface area contributed by atoms with Gasteiger partial charge in [-0.15, -0.1) is 0 Å². The SMILES string of the molecule is O=C1CCCC[C@@H]1[C@H](C[N+](=O)[O-])c1ccco1. The van der Waals surface area contributed by atoms with Crippen LogP contribution in [0.25, 0.3) is 0 Å². The van der Waals surface area contributed by atoms with Crippen LogP contribution in [-0.4, -0.2) is 17.3 Å². The lowest BCUT2D eigenvalue weighted by molar-refractivity contribution is -0.485. The molecular weight excluding hydrogens is 222 g/mol. The molecule has 1 aliphatic carbocycles. The van der Waals surface area contributed by atoms with Crippen LogP contribution in [0.1, 0.15) is 37.4 Å². The summed E-state index contributed by atoms with van der Waals surface area (Å²) < 4.78 is 5.24. The number of ketones is 1. The molecule has 2 rings (SSSR count). The third kappa shape index (κ3) is 2.72. The van der Waals surface area contributed by atoms with E-state index in [2.05, 4.69) is 0 Å². The standard InChI is InChI=1S/C12H15NO4/c14-11-5-2-1-4-9(11)10(8-13(15)16)12-6-3-7-17-12/h3,6-7,9-10H,1-2,4-5,8H2/t9-,10+/m1/s1. The maximum Gasteiger partial charge on any atom is 0.214 e. The summed E-state index contributed by atoms with van der Waals surface area (Å²) in [5, 5.41) is 10.7. The van der Waals surface area contributed by atoms with Crippen molar-refractivity contribution in [3.05, 3.63) is 34.3 Å². The Balaban J connectivity index is 2.20. The van der Waals surface area contributed by atoms with Gasteiger partial charge < -0.3 is 4.42 Å². The molecule has 1 saturated carbocycles. The molecule has 0 saturated heterocycles. The van der Waals surface area contributed by atoms with Crippen molar-refractivity contribution in [2.24, 2.45) is 5.92 Å². The van der Waals surface area contributed by atoms with Crippen LogP contribution < -0.4 is 0 Å². The van der Waals surface area contributed by atoms with E-state index >= 15 is 0 Å². The maximum absolute atomic E-state index is 11.8. The zero-order chi connectivity index (χ0) is 12.3. The van der Waals surface area contributed by atoms with Gasteiger partial charge >= 0.3 is 0 Å². The highest BCUT2D eigenvalue weighted by molar-refractivity contribution is 5.82. The Kier molecular flexibility index (Phi) is 3.56. The highest BCUT2D eigenvalue weighted by Gasteiger charge is 2.36. The molecule has 5 nitrogen and oxygen atoms in total. The number of rotatable bonds is 4. The third-order valence-electron chi connectivity index (χ3n) is 3.34. The molecular formula is C12H15NO4. The van der Waals surface area contributed by atoms with E-state index < -0.39 is 5.92 Å². The molecule has 1 aliphatic rings. The van der Waals surface area contributed by atoms with Crippen LogP contribution >= 0.6 is 0 Å². The molecule has 0 aromatic carbocycles. The van der Waals surface area contributed by atoms with Gasteiger partial charge in [-0.25, -0.2) is 0 Å². The van der Waals surface area contributed by atoms with Crippen molar-refractivity contribution in [2.45, 2.75) is 31.6 Å². The molecule has 0 N–H and O–H groups in total. The summed E-state index contributed by atoms with van der Waals surface area (Å²) >= 11 is 0. The normalized spacial score (nSPS) is 22.4. The topological polar surface area (TPSA) is 73.3 Å². The Morgan fingerprint density at radius 3 is 2.94 bits per heavy atom.